The van der Waals surface area contributed by atoms with Gasteiger partial charge >= 0.3 is 0 Å². The average molecular weight is 452 g/mol. The molecule has 0 aromatic heterocycles. The van der Waals surface area contributed by atoms with Crippen molar-refractivity contribution < 1.29 is 17.9 Å². The number of benzene rings is 1. The summed E-state index contributed by atoms with van der Waals surface area (Å²) >= 11 is 0. The van der Waals surface area contributed by atoms with E-state index in [1.165, 1.54) is 0 Å². The zero-order chi connectivity index (χ0) is 22.8. The van der Waals surface area contributed by atoms with E-state index in [0.29, 0.717) is 37.4 Å². The largest absolute Gasteiger partial charge is 0.379 e. The van der Waals surface area contributed by atoms with E-state index in [0.717, 1.165) is 48.6 Å². The molecule has 1 unspecified atom stereocenters. The predicted molar refractivity (Wildman–Crippen MR) is 122 cm³/mol. The predicted octanol–water partition coefficient (Wildman–Crippen LogP) is 2.16. The smallest absolute Gasteiger partial charge is 0.243 e. The van der Waals surface area contributed by atoms with Crippen LogP contribution in [-0.2, 0) is 19.6 Å². The van der Waals surface area contributed by atoms with Gasteiger partial charge in [-0.2, -0.15) is 4.31 Å². The van der Waals surface area contributed by atoms with Crippen LogP contribution in [0.5, 0.6) is 0 Å². The van der Waals surface area contributed by atoms with Crippen molar-refractivity contribution in [3.63, 3.8) is 0 Å². The number of carbonyl (C=O) groups excluding carboxylic acids is 1. The van der Waals surface area contributed by atoms with Crippen LogP contribution in [0.25, 0.3) is 0 Å². The Labute approximate surface area is 187 Å². The van der Waals surface area contributed by atoms with E-state index < -0.39 is 10.0 Å². The maximum atomic E-state index is 13.4. The Morgan fingerprint density at radius 2 is 1.61 bits per heavy atom. The van der Waals surface area contributed by atoms with Gasteiger partial charge in [-0.1, -0.05) is 6.07 Å². The molecule has 8 heteroatoms. The number of nitrogens with zero attached hydrogens (tertiary/aromatic N) is 2. The first kappa shape index (κ1) is 24.2. The third-order valence-corrected chi connectivity index (χ3v) is 9.13. The summed E-state index contributed by atoms with van der Waals surface area (Å²) in [4.78, 5) is 15.5. The van der Waals surface area contributed by atoms with Gasteiger partial charge in [0.05, 0.1) is 18.1 Å². The molecular formula is C23H37N3O4S. The molecule has 1 N–H and O–H groups in total. The van der Waals surface area contributed by atoms with Crippen molar-refractivity contribution in [1.82, 2.24) is 14.5 Å². The Bertz CT molecular complexity index is 876. The normalized spacial score (nSPS) is 20.5. The van der Waals surface area contributed by atoms with Gasteiger partial charge in [-0.3, -0.25) is 9.69 Å². The van der Waals surface area contributed by atoms with Crippen LogP contribution in [0.4, 0.5) is 0 Å². The third-order valence-electron chi connectivity index (χ3n) is 6.96. The molecule has 174 valence electrons. The highest BCUT2D eigenvalue weighted by molar-refractivity contribution is 7.89. The third kappa shape index (κ3) is 5.30. The fourth-order valence-electron chi connectivity index (χ4n) is 4.60. The second kappa shape index (κ2) is 9.98. The first-order valence-corrected chi connectivity index (χ1v) is 12.7. The van der Waals surface area contributed by atoms with Gasteiger partial charge in [0.25, 0.3) is 0 Å². The van der Waals surface area contributed by atoms with Gasteiger partial charge in [0.15, 0.2) is 0 Å². The van der Waals surface area contributed by atoms with Gasteiger partial charge in [-0.05, 0) is 69.7 Å². The summed E-state index contributed by atoms with van der Waals surface area (Å²) in [6, 6.07) is 2.31. The van der Waals surface area contributed by atoms with E-state index in [4.69, 9.17) is 4.74 Å². The van der Waals surface area contributed by atoms with Crippen molar-refractivity contribution in [2.24, 2.45) is 5.92 Å². The van der Waals surface area contributed by atoms with Crippen LogP contribution in [0.1, 0.15) is 42.0 Å². The number of rotatable bonds is 6. The Morgan fingerprint density at radius 1 is 1.06 bits per heavy atom. The maximum Gasteiger partial charge on any atom is 0.243 e. The van der Waals surface area contributed by atoms with Gasteiger partial charge in [-0.15, -0.1) is 0 Å². The van der Waals surface area contributed by atoms with Crippen LogP contribution in [0.3, 0.4) is 0 Å². The number of hydrogen-bond acceptors (Lipinski definition) is 5. The highest BCUT2D eigenvalue weighted by Crippen LogP contribution is 2.31. The number of piperidine rings is 1. The summed E-state index contributed by atoms with van der Waals surface area (Å²) in [6.07, 6.45) is 1.11. The molecule has 2 aliphatic rings. The standard InChI is InChI=1S/C23H37N3O4S/c1-16-14-17(2)20(5)22(19(16)4)31(28,29)26-8-6-21(7-9-26)23(27)24-15-18(3)25-10-12-30-13-11-25/h14,18,21H,6-13,15H2,1-5H3,(H,24,27). The van der Waals surface area contributed by atoms with Crippen molar-refractivity contribution in [1.29, 1.82) is 0 Å². The van der Waals surface area contributed by atoms with Gasteiger partial charge in [0.2, 0.25) is 15.9 Å². The highest BCUT2D eigenvalue weighted by Gasteiger charge is 2.34. The van der Waals surface area contributed by atoms with E-state index in [9.17, 15) is 13.2 Å². The average Bonchev–Trinajstić information content (AvgIpc) is 2.76. The molecule has 0 radical (unpaired) electrons. The molecule has 2 heterocycles. The van der Waals surface area contributed by atoms with E-state index in [1.807, 2.05) is 33.8 Å². The Morgan fingerprint density at radius 3 is 2.16 bits per heavy atom. The van der Waals surface area contributed by atoms with Crippen molar-refractivity contribution in [2.75, 3.05) is 45.9 Å². The lowest BCUT2D eigenvalue weighted by molar-refractivity contribution is -0.126. The van der Waals surface area contributed by atoms with Crippen LogP contribution in [0, 0.1) is 33.6 Å². The number of nitrogens with one attached hydrogen (secondary N) is 1. The summed E-state index contributed by atoms with van der Waals surface area (Å²) in [5, 5.41) is 3.08. The molecule has 0 spiro atoms. The van der Waals surface area contributed by atoms with Crippen LogP contribution < -0.4 is 5.32 Å². The first-order chi connectivity index (χ1) is 14.6. The minimum Gasteiger partial charge on any atom is -0.379 e. The fraction of sp³-hybridized carbons (Fsp3) is 0.696. The molecule has 3 rings (SSSR count). The molecular weight excluding hydrogens is 414 g/mol. The summed E-state index contributed by atoms with van der Waals surface area (Å²) < 4.78 is 33.8. The summed E-state index contributed by atoms with van der Waals surface area (Å²) in [5.41, 5.74) is 3.62. The highest BCUT2D eigenvalue weighted by atomic mass is 32.2. The van der Waals surface area contributed by atoms with Gasteiger partial charge in [-0.25, -0.2) is 8.42 Å². The number of hydrogen-bond donors (Lipinski definition) is 1. The van der Waals surface area contributed by atoms with Gasteiger partial charge in [0, 0.05) is 44.7 Å². The minimum absolute atomic E-state index is 0.0379. The molecule has 2 aliphatic heterocycles. The minimum atomic E-state index is -3.57. The molecule has 1 aromatic carbocycles. The van der Waals surface area contributed by atoms with Gasteiger partial charge < -0.3 is 10.1 Å². The van der Waals surface area contributed by atoms with Crippen molar-refractivity contribution >= 4 is 15.9 Å². The Hall–Kier alpha value is -1.48. The maximum absolute atomic E-state index is 13.4. The van der Waals surface area contributed by atoms with E-state index in [2.05, 4.69) is 17.1 Å². The Kier molecular flexibility index (Phi) is 7.78. The number of aryl methyl sites for hydroxylation is 2. The van der Waals surface area contributed by atoms with Crippen molar-refractivity contribution in [2.45, 2.75) is 58.4 Å². The van der Waals surface area contributed by atoms with Crippen molar-refractivity contribution in [3.05, 3.63) is 28.3 Å². The lowest BCUT2D eigenvalue weighted by Crippen LogP contribution is -2.49. The van der Waals surface area contributed by atoms with E-state index in [-0.39, 0.29) is 17.9 Å². The summed E-state index contributed by atoms with van der Waals surface area (Å²) in [5.74, 6) is -0.0966. The van der Waals surface area contributed by atoms with Gasteiger partial charge in [0.1, 0.15) is 0 Å². The number of morpholine rings is 1. The zero-order valence-corrected chi connectivity index (χ0v) is 20.3. The molecule has 1 amide bonds. The topological polar surface area (TPSA) is 79.0 Å². The monoisotopic (exact) mass is 451 g/mol. The Balaban J connectivity index is 1.58. The molecule has 2 saturated heterocycles. The fourth-order valence-corrected chi connectivity index (χ4v) is 6.64. The molecule has 31 heavy (non-hydrogen) atoms. The summed E-state index contributed by atoms with van der Waals surface area (Å²) in [7, 11) is -3.57. The molecule has 1 aromatic rings. The second-order valence-electron chi connectivity index (χ2n) is 9.01. The summed E-state index contributed by atoms with van der Waals surface area (Å²) in [6.45, 7) is 14.4. The van der Waals surface area contributed by atoms with E-state index >= 15 is 0 Å². The van der Waals surface area contributed by atoms with E-state index in [1.54, 1.807) is 4.31 Å². The number of amides is 1. The molecule has 0 bridgehead atoms. The lowest BCUT2D eigenvalue weighted by Gasteiger charge is -2.34. The van der Waals surface area contributed by atoms with Crippen LogP contribution in [0.15, 0.2) is 11.0 Å². The second-order valence-corrected chi connectivity index (χ2v) is 10.9. The van der Waals surface area contributed by atoms with Crippen LogP contribution in [0.2, 0.25) is 0 Å². The SMILES string of the molecule is Cc1cc(C)c(C)c(S(=O)(=O)N2CCC(C(=O)NCC(C)N3CCOCC3)CC2)c1C. The number of carbonyl (C=O) groups is 1. The quantitative estimate of drug-likeness (QED) is 0.717. The first-order valence-electron chi connectivity index (χ1n) is 11.3. The zero-order valence-electron chi connectivity index (χ0n) is 19.5. The lowest BCUT2D eigenvalue weighted by atomic mass is 9.97. The molecule has 0 aliphatic carbocycles. The number of ether oxygens (including phenoxy) is 1. The molecule has 2 fully saturated rings. The van der Waals surface area contributed by atoms with Crippen LogP contribution >= 0.6 is 0 Å². The molecule has 0 saturated carbocycles. The van der Waals surface area contributed by atoms with Crippen LogP contribution in [-0.4, -0.2) is 75.5 Å². The number of sulfonamides is 1. The molecule has 1 atom stereocenters. The molecule has 7 nitrogen and oxygen atoms in total. The van der Waals surface area contributed by atoms with Crippen molar-refractivity contribution in [3.8, 4) is 0 Å².